The molecule has 2 saturated heterocycles. The van der Waals surface area contributed by atoms with Gasteiger partial charge in [-0.3, -0.25) is 0 Å². The van der Waals surface area contributed by atoms with Gasteiger partial charge >= 0.3 is 0 Å². The maximum atomic E-state index is 9.17. The Morgan fingerprint density at radius 2 is 2.30 bits per heavy atom. The molecule has 2 fully saturated rings. The Labute approximate surface area is 60.6 Å². The normalized spacial score (nSPS) is 38.4. The van der Waals surface area contributed by atoms with Crippen LogP contribution in [0.4, 0.5) is 0 Å². The standard InChI is InChI=1S/C7H13NO2/c1-8-4-7(5-8)2-6(9)3-10-7/h6,9H,2-5H2,1H3. The number of nitrogens with zero attached hydrogens (tertiary/aromatic N) is 1. The van der Waals surface area contributed by atoms with Crippen LogP contribution in [0.3, 0.4) is 0 Å². The molecule has 0 aromatic carbocycles. The second kappa shape index (κ2) is 1.94. The molecule has 2 rings (SSSR count). The molecule has 3 nitrogen and oxygen atoms in total. The van der Waals surface area contributed by atoms with Gasteiger partial charge in [0.05, 0.1) is 18.3 Å². The van der Waals surface area contributed by atoms with Gasteiger partial charge in [-0.25, -0.2) is 0 Å². The Morgan fingerprint density at radius 1 is 1.60 bits per heavy atom. The summed E-state index contributed by atoms with van der Waals surface area (Å²) in [5.74, 6) is 0. The molecular formula is C7H13NO2. The van der Waals surface area contributed by atoms with E-state index in [0.717, 1.165) is 19.5 Å². The van der Waals surface area contributed by atoms with Gasteiger partial charge in [0.2, 0.25) is 0 Å². The van der Waals surface area contributed by atoms with Gasteiger partial charge in [0.15, 0.2) is 0 Å². The van der Waals surface area contributed by atoms with Crippen molar-refractivity contribution in [3.8, 4) is 0 Å². The minimum Gasteiger partial charge on any atom is -0.391 e. The third-order valence-electron chi connectivity index (χ3n) is 2.31. The topological polar surface area (TPSA) is 32.7 Å². The fraction of sp³-hybridized carbons (Fsp3) is 1.00. The average Bonchev–Trinajstić information content (AvgIpc) is 2.10. The number of likely N-dealkylation sites (tertiary alicyclic amines) is 1. The van der Waals surface area contributed by atoms with E-state index in [1.165, 1.54) is 0 Å². The number of ether oxygens (including phenoxy) is 1. The van der Waals surface area contributed by atoms with E-state index in [9.17, 15) is 5.11 Å². The first-order valence-corrected chi connectivity index (χ1v) is 3.71. The molecule has 0 aliphatic carbocycles. The summed E-state index contributed by atoms with van der Waals surface area (Å²) >= 11 is 0. The molecule has 3 heteroatoms. The predicted molar refractivity (Wildman–Crippen MR) is 36.8 cm³/mol. The van der Waals surface area contributed by atoms with E-state index in [-0.39, 0.29) is 11.7 Å². The van der Waals surface area contributed by atoms with Crippen molar-refractivity contribution in [3.05, 3.63) is 0 Å². The lowest BCUT2D eigenvalue weighted by atomic mass is 9.91. The minimum absolute atomic E-state index is 0.0359. The second-order valence-corrected chi connectivity index (χ2v) is 3.52. The number of aliphatic hydroxyl groups excluding tert-OH is 1. The molecule has 1 atom stereocenters. The minimum atomic E-state index is -0.214. The first-order valence-electron chi connectivity index (χ1n) is 3.71. The summed E-state index contributed by atoms with van der Waals surface area (Å²) < 4.78 is 5.47. The zero-order valence-corrected chi connectivity index (χ0v) is 6.21. The third-order valence-corrected chi connectivity index (χ3v) is 2.31. The molecule has 1 spiro atoms. The van der Waals surface area contributed by atoms with Gasteiger partial charge in [-0.1, -0.05) is 0 Å². The first-order chi connectivity index (χ1) is 4.70. The fourth-order valence-corrected chi connectivity index (χ4v) is 1.98. The maximum Gasteiger partial charge on any atom is 0.0961 e. The molecule has 2 heterocycles. The van der Waals surface area contributed by atoms with E-state index in [0.29, 0.717) is 6.61 Å². The summed E-state index contributed by atoms with van der Waals surface area (Å²) in [5, 5.41) is 9.17. The molecule has 0 amide bonds. The Bertz CT molecular complexity index is 137. The van der Waals surface area contributed by atoms with E-state index in [2.05, 4.69) is 11.9 Å². The highest BCUT2D eigenvalue weighted by Gasteiger charge is 2.47. The predicted octanol–water partition coefficient (Wildman–Crippen LogP) is -0.548. The Kier molecular flexibility index (Phi) is 1.27. The lowest BCUT2D eigenvalue weighted by Crippen LogP contribution is -2.59. The molecule has 1 N–H and O–H groups in total. The summed E-state index contributed by atoms with van der Waals surface area (Å²) in [5.41, 5.74) is 0.0359. The summed E-state index contributed by atoms with van der Waals surface area (Å²) in [6.07, 6.45) is 0.617. The largest absolute Gasteiger partial charge is 0.391 e. The zero-order valence-electron chi connectivity index (χ0n) is 6.21. The van der Waals surface area contributed by atoms with Crippen LogP contribution in [-0.4, -0.2) is 48.5 Å². The summed E-state index contributed by atoms with van der Waals surface area (Å²) in [4.78, 5) is 2.21. The molecule has 2 aliphatic heterocycles. The lowest BCUT2D eigenvalue weighted by molar-refractivity contribution is -0.100. The highest BCUT2D eigenvalue weighted by molar-refractivity contribution is 5.00. The van der Waals surface area contributed by atoms with Crippen LogP contribution in [-0.2, 0) is 4.74 Å². The van der Waals surface area contributed by atoms with E-state index in [1.54, 1.807) is 0 Å². The summed E-state index contributed by atoms with van der Waals surface area (Å²) in [6, 6.07) is 0. The van der Waals surface area contributed by atoms with Crippen LogP contribution < -0.4 is 0 Å². The van der Waals surface area contributed by atoms with Crippen LogP contribution in [0.2, 0.25) is 0 Å². The molecule has 58 valence electrons. The highest BCUT2D eigenvalue weighted by atomic mass is 16.5. The molecular weight excluding hydrogens is 130 g/mol. The molecule has 10 heavy (non-hydrogen) atoms. The van der Waals surface area contributed by atoms with Crippen LogP contribution in [0.1, 0.15) is 6.42 Å². The monoisotopic (exact) mass is 143 g/mol. The van der Waals surface area contributed by atoms with Gasteiger partial charge in [0, 0.05) is 19.5 Å². The van der Waals surface area contributed by atoms with Crippen molar-refractivity contribution in [2.24, 2.45) is 0 Å². The fourth-order valence-electron chi connectivity index (χ4n) is 1.98. The van der Waals surface area contributed by atoms with E-state index >= 15 is 0 Å². The molecule has 0 aromatic heterocycles. The van der Waals surface area contributed by atoms with Crippen molar-refractivity contribution in [2.45, 2.75) is 18.1 Å². The number of hydrogen-bond acceptors (Lipinski definition) is 3. The zero-order chi connectivity index (χ0) is 7.19. The quantitative estimate of drug-likeness (QED) is 0.494. The Morgan fingerprint density at radius 3 is 2.70 bits per heavy atom. The molecule has 0 saturated carbocycles. The SMILES string of the molecule is CN1CC2(CC(O)CO2)C1. The van der Waals surface area contributed by atoms with E-state index < -0.39 is 0 Å². The summed E-state index contributed by atoms with van der Waals surface area (Å²) in [7, 11) is 2.07. The Balaban J connectivity index is 1.95. The van der Waals surface area contributed by atoms with Gasteiger partial charge in [-0.15, -0.1) is 0 Å². The molecule has 2 aliphatic rings. The van der Waals surface area contributed by atoms with Gasteiger partial charge in [-0.2, -0.15) is 0 Å². The molecule has 0 bridgehead atoms. The van der Waals surface area contributed by atoms with E-state index in [4.69, 9.17) is 4.74 Å². The third kappa shape index (κ3) is 0.856. The Hall–Kier alpha value is -0.120. The van der Waals surface area contributed by atoms with Crippen LogP contribution in [0.5, 0.6) is 0 Å². The van der Waals surface area contributed by atoms with Crippen molar-refractivity contribution < 1.29 is 9.84 Å². The van der Waals surface area contributed by atoms with Crippen LogP contribution in [0.15, 0.2) is 0 Å². The number of likely N-dealkylation sites (N-methyl/N-ethyl adjacent to an activating group) is 1. The molecule has 0 radical (unpaired) electrons. The average molecular weight is 143 g/mol. The number of rotatable bonds is 0. The van der Waals surface area contributed by atoms with Gasteiger partial charge < -0.3 is 14.7 Å². The number of aliphatic hydroxyl groups is 1. The highest BCUT2D eigenvalue weighted by Crippen LogP contribution is 2.33. The maximum absolute atomic E-state index is 9.17. The number of hydrogen-bond donors (Lipinski definition) is 1. The van der Waals surface area contributed by atoms with Crippen molar-refractivity contribution in [3.63, 3.8) is 0 Å². The molecule has 1 unspecified atom stereocenters. The molecule has 0 aromatic rings. The lowest BCUT2D eigenvalue weighted by Gasteiger charge is -2.44. The van der Waals surface area contributed by atoms with Crippen LogP contribution in [0, 0.1) is 0 Å². The van der Waals surface area contributed by atoms with Crippen LogP contribution >= 0.6 is 0 Å². The van der Waals surface area contributed by atoms with Gasteiger partial charge in [0.25, 0.3) is 0 Å². The van der Waals surface area contributed by atoms with Crippen molar-refractivity contribution >= 4 is 0 Å². The van der Waals surface area contributed by atoms with Crippen molar-refractivity contribution in [1.82, 2.24) is 4.90 Å². The van der Waals surface area contributed by atoms with Gasteiger partial charge in [0.1, 0.15) is 0 Å². The first kappa shape index (κ1) is 6.58. The summed E-state index contributed by atoms with van der Waals surface area (Å²) in [6.45, 7) is 2.52. The van der Waals surface area contributed by atoms with Crippen LogP contribution in [0.25, 0.3) is 0 Å². The van der Waals surface area contributed by atoms with Crippen molar-refractivity contribution in [2.75, 3.05) is 26.7 Å². The second-order valence-electron chi connectivity index (χ2n) is 3.52. The smallest absolute Gasteiger partial charge is 0.0961 e. The van der Waals surface area contributed by atoms with Gasteiger partial charge in [-0.05, 0) is 7.05 Å². The van der Waals surface area contributed by atoms with Crippen molar-refractivity contribution in [1.29, 1.82) is 0 Å². The van der Waals surface area contributed by atoms with E-state index in [1.807, 2.05) is 0 Å².